The van der Waals surface area contributed by atoms with Crippen molar-refractivity contribution in [2.75, 3.05) is 7.11 Å². The maximum Gasteiger partial charge on any atom is 0.275 e. The monoisotopic (exact) mass is 331 g/mol. The first-order valence-corrected chi connectivity index (χ1v) is 7.76. The van der Waals surface area contributed by atoms with Gasteiger partial charge in [-0.15, -0.1) is 0 Å². The molecule has 3 aromatic rings. The first-order chi connectivity index (χ1) is 12.3. The van der Waals surface area contributed by atoms with Gasteiger partial charge in [0.2, 0.25) is 0 Å². The third kappa shape index (κ3) is 3.90. The van der Waals surface area contributed by atoms with Gasteiger partial charge in [-0.2, -0.15) is 5.10 Å². The highest BCUT2D eigenvalue weighted by Crippen LogP contribution is 2.17. The van der Waals surface area contributed by atoms with Gasteiger partial charge in [-0.25, -0.2) is 5.43 Å². The van der Waals surface area contributed by atoms with Crippen LogP contribution >= 0.6 is 0 Å². The van der Waals surface area contributed by atoms with Gasteiger partial charge in [-0.3, -0.25) is 9.78 Å². The van der Waals surface area contributed by atoms with E-state index < -0.39 is 0 Å². The van der Waals surface area contributed by atoms with Gasteiger partial charge in [0.05, 0.1) is 18.4 Å². The summed E-state index contributed by atoms with van der Waals surface area (Å²) in [7, 11) is 1.53. The molecule has 1 amide bonds. The number of hydrogen-bond acceptors (Lipinski definition) is 4. The molecule has 2 aromatic carbocycles. The molecule has 1 aromatic heterocycles. The molecule has 1 heterocycles. The molecule has 5 nitrogen and oxygen atoms in total. The second-order valence-corrected chi connectivity index (χ2v) is 5.21. The number of benzene rings is 2. The SMILES string of the molecule is COc1ccccc1C(=O)N/N=C(\c1ccccc1)c1cccnc1. The number of carbonyl (C=O) groups excluding carboxylic acids is 1. The third-order valence-electron chi connectivity index (χ3n) is 3.60. The van der Waals surface area contributed by atoms with Crippen molar-refractivity contribution in [1.29, 1.82) is 0 Å². The van der Waals surface area contributed by atoms with E-state index in [0.717, 1.165) is 11.1 Å². The summed E-state index contributed by atoms with van der Waals surface area (Å²) in [5.74, 6) is 0.160. The zero-order valence-corrected chi connectivity index (χ0v) is 13.7. The molecule has 0 unspecified atom stereocenters. The van der Waals surface area contributed by atoms with Crippen LogP contribution in [0, 0.1) is 0 Å². The van der Waals surface area contributed by atoms with Gasteiger partial charge >= 0.3 is 0 Å². The Labute approximate surface area is 146 Å². The van der Waals surface area contributed by atoms with Gasteiger partial charge in [-0.05, 0) is 24.3 Å². The number of hydrogen-bond donors (Lipinski definition) is 1. The average molecular weight is 331 g/mol. The van der Waals surface area contributed by atoms with E-state index >= 15 is 0 Å². The molecule has 5 heteroatoms. The standard InChI is InChI=1S/C20H17N3O2/c1-25-18-12-6-5-11-17(18)20(24)23-22-19(15-8-3-2-4-9-15)16-10-7-13-21-14-16/h2-14H,1H3,(H,23,24)/b22-19+. The molecule has 0 radical (unpaired) electrons. The van der Waals surface area contributed by atoms with Crippen LogP contribution in [0.25, 0.3) is 0 Å². The van der Waals surface area contributed by atoms with Crippen molar-refractivity contribution in [3.63, 3.8) is 0 Å². The summed E-state index contributed by atoms with van der Waals surface area (Å²) in [4.78, 5) is 16.6. The van der Waals surface area contributed by atoms with Crippen LogP contribution < -0.4 is 10.2 Å². The normalized spacial score (nSPS) is 11.0. The molecule has 0 aliphatic rings. The number of rotatable bonds is 5. The Morgan fingerprint density at radius 1 is 0.960 bits per heavy atom. The van der Waals surface area contributed by atoms with Crippen molar-refractivity contribution in [1.82, 2.24) is 10.4 Å². The van der Waals surface area contributed by atoms with Crippen LogP contribution in [0.3, 0.4) is 0 Å². The van der Waals surface area contributed by atoms with Crippen LogP contribution in [-0.2, 0) is 0 Å². The van der Waals surface area contributed by atoms with Crippen LogP contribution in [0.2, 0.25) is 0 Å². The molecule has 0 fully saturated rings. The van der Waals surface area contributed by atoms with Crippen molar-refractivity contribution in [3.05, 3.63) is 95.8 Å². The lowest BCUT2D eigenvalue weighted by Gasteiger charge is -2.09. The van der Waals surface area contributed by atoms with Crippen molar-refractivity contribution in [3.8, 4) is 5.75 Å². The summed E-state index contributed by atoms with van der Waals surface area (Å²) >= 11 is 0. The molecule has 0 atom stereocenters. The minimum atomic E-state index is -0.338. The summed E-state index contributed by atoms with van der Waals surface area (Å²) in [6, 6.07) is 20.4. The molecule has 124 valence electrons. The number of nitrogens with one attached hydrogen (secondary N) is 1. The minimum absolute atomic E-state index is 0.338. The number of hydrazone groups is 1. The Morgan fingerprint density at radius 3 is 2.40 bits per heavy atom. The van der Waals surface area contributed by atoms with Gasteiger partial charge in [-0.1, -0.05) is 42.5 Å². The lowest BCUT2D eigenvalue weighted by molar-refractivity contribution is 0.0952. The van der Waals surface area contributed by atoms with Gasteiger partial charge in [0.1, 0.15) is 5.75 Å². The molecule has 0 bridgehead atoms. The zero-order valence-electron chi connectivity index (χ0n) is 13.7. The molecular formula is C20H17N3O2. The summed E-state index contributed by atoms with van der Waals surface area (Å²) in [6.45, 7) is 0. The number of ether oxygens (including phenoxy) is 1. The summed E-state index contributed by atoms with van der Waals surface area (Å²) < 4.78 is 5.22. The Balaban J connectivity index is 1.93. The van der Waals surface area contributed by atoms with Crippen molar-refractivity contribution in [2.24, 2.45) is 5.10 Å². The second-order valence-electron chi connectivity index (χ2n) is 5.21. The van der Waals surface area contributed by atoms with E-state index in [1.54, 1.807) is 30.6 Å². The van der Waals surface area contributed by atoms with Crippen LogP contribution in [0.5, 0.6) is 5.75 Å². The quantitative estimate of drug-likeness (QED) is 0.576. The van der Waals surface area contributed by atoms with Gasteiger partial charge in [0.25, 0.3) is 5.91 Å². The maximum absolute atomic E-state index is 12.5. The van der Waals surface area contributed by atoms with Gasteiger partial charge in [0.15, 0.2) is 0 Å². The van der Waals surface area contributed by atoms with E-state index in [0.29, 0.717) is 17.0 Å². The fourth-order valence-electron chi connectivity index (χ4n) is 2.39. The van der Waals surface area contributed by atoms with E-state index in [2.05, 4.69) is 15.5 Å². The topological polar surface area (TPSA) is 63.6 Å². The minimum Gasteiger partial charge on any atom is -0.496 e. The van der Waals surface area contributed by atoms with Crippen LogP contribution in [0.15, 0.2) is 84.2 Å². The lowest BCUT2D eigenvalue weighted by atomic mass is 10.0. The second kappa shape index (κ2) is 7.88. The third-order valence-corrected chi connectivity index (χ3v) is 3.60. The highest BCUT2D eigenvalue weighted by molar-refractivity contribution is 6.13. The molecule has 25 heavy (non-hydrogen) atoms. The summed E-state index contributed by atoms with van der Waals surface area (Å²) in [5, 5.41) is 4.34. The molecule has 1 N–H and O–H groups in total. The Bertz CT molecular complexity index is 836. The number of carbonyl (C=O) groups is 1. The Kier molecular flexibility index (Phi) is 5.16. The molecule has 0 spiro atoms. The Morgan fingerprint density at radius 2 is 1.68 bits per heavy atom. The maximum atomic E-state index is 12.5. The fraction of sp³-hybridized carbons (Fsp3) is 0.0500. The van der Waals surface area contributed by atoms with E-state index in [1.165, 1.54) is 7.11 Å². The molecule has 0 aliphatic heterocycles. The van der Waals surface area contributed by atoms with E-state index in [9.17, 15) is 4.79 Å². The predicted octanol–water partition coefficient (Wildman–Crippen LogP) is 3.27. The number of aromatic nitrogens is 1. The number of methoxy groups -OCH3 is 1. The fourth-order valence-corrected chi connectivity index (χ4v) is 2.39. The predicted molar refractivity (Wildman–Crippen MR) is 96.8 cm³/mol. The van der Waals surface area contributed by atoms with Gasteiger partial charge in [0, 0.05) is 23.5 Å². The first kappa shape index (κ1) is 16.4. The van der Waals surface area contributed by atoms with Crippen LogP contribution in [-0.4, -0.2) is 23.7 Å². The lowest BCUT2D eigenvalue weighted by Crippen LogP contribution is -2.21. The number of amides is 1. The molecular weight excluding hydrogens is 314 g/mol. The number of para-hydroxylation sites is 1. The van der Waals surface area contributed by atoms with Crippen molar-refractivity contribution >= 4 is 11.6 Å². The van der Waals surface area contributed by atoms with Gasteiger partial charge < -0.3 is 4.74 Å². The van der Waals surface area contributed by atoms with Crippen molar-refractivity contribution in [2.45, 2.75) is 0 Å². The summed E-state index contributed by atoms with van der Waals surface area (Å²) in [6.07, 6.45) is 3.40. The zero-order chi connectivity index (χ0) is 17.5. The largest absolute Gasteiger partial charge is 0.496 e. The summed E-state index contributed by atoms with van der Waals surface area (Å²) in [5.41, 5.74) is 5.37. The smallest absolute Gasteiger partial charge is 0.275 e. The van der Waals surface area contributed by atoms with E-state index in [1.807, 2.05) is 48.5 Å². The molecule has 0 saturated carbocycles. The molecule has 0 saturated heterocycles. The Hall–Kier alpha value is -3.47. The van der Waals surface area contributed by atoms with Crippen molar-refractivity contribution < 1.29 is 9.53 Å². The van der Waals surface area contributed by atoms with E-state index in [4.69, 9.17) is 4.74 Å². The highest BCUT2D eigenvalue weighted by Gasteiger charge is 2.12. The number of nitrogens with zero attached hydrogens (tertiary/aromatic N) is 2. The molecule has 3 rings (SSSR count). The molecule has 0 aliphatic carbocycles. The van der Waals surface area contributed by atoms with Crippen LogP contribution in [0.1, 0.15) is 21.5 Å². The van der Waals surface area contributed by atoms with Crippen LogP contribution in [0.4, 0.5) is 0 Å². The number of pyridine rings is 1. The highest BCUT2D eigenvalue weighted by atomic mass is 16.5. The van der Waals surface area contributed by atoms with E-state index in [-0.39, 0.29) is 5.91 Å². The average Bonchev–Trinajstić information content (AvgIpc) is 2.69. The first-order valence-electron chi connectivity index (χ1n) is 7.76.